The quantitative estimate of drug-likeness (QED) is 0.659. The van der Waals surface area contributed by atoms with Crippen molar-refractivity contribution >= 4 is 17.5 Å². The molecule has 2 amide bonds. The van der Waals surface area contributed by atoms with Crippen LogP contribution in [0.4, 0.5) is 5.69 Å². The van der Waals surface area contributed by atoms with Crippen LogP contribution in [0, 0.1) is 0 Å². The molecule has 0 saturated carbocycles. The molecule has 5 heterocycles. The largest absolute Gasteiger partial charge is 0.376 e. The molecule has 3 aliphatic rings. The Bertz CT molecular complexity index is 1210. The van der Waals surface area contributed by atoms with Crippen molar-refractivity contribution in [3.63, 3.8) is 0 Å². The summed E-state index contributed by atoms with van der Waals surface area (Å²) in [5.74, 6) is -0.267. The lowest BCUT2D eigenvalue weighted by molar-refractivity contribution is -0.121. The smallest absolute Gasteiger partial charge is 0.275 e. The minimum atomic E-state index is -0.859. The van der Waals surface area contributed by atoms with Gasteiger partial charge in [0.1, 0.15) is 5.41 Å². The van der Waals surface area contributed by atoms with E-state index in [4.69, 9.17) is 4.74 Å². The molecule has 0 bridgehead atoms. The molecular formula is C22H22N6O3. The number of fused-ring (bicyclic) bond motifs is 3. The zero-order valence-corrected chi connectivity index (χ0v) is 17.1. The van der Waals surface area contributed by atoms with Gasteiger partial charge < -0.3 is 15.0 Å². The number of nitrogens with zero attached hydrogens (tertiary/aromatic N) is 4. The summed E-state index contributed by atoms with van der Waals surface area (Å²) < 4.78 is 7.27. The number of H-pyrrole nitrogens is 1. The molecule has 3 aromatic rings. The molecule has 1 saturated heterocycles. The fourth-order valence-electron chi connectivity index (χ4n) is 5.38. The number of aryl methyl sites for hydroxylation is 1. The number of hydrogen-bond donors (Lipinski definition) is 2. The first kappa shape index (κ1) is 18.3. The van der Waals surface area contributed by atoms with Gasteiger partial charge in [-0.2, -0.15) is 10.2 Å². The summed E-state index contributed by atoms with van der Waals surface area (Å²) >= 11 is 0. The van der Waals surface area contributed by atoms with Crippen molar-refractivity contribution in [2.45, 2.75) is 30.9 Å². The van der Waals surface area contributed by atoms with Crippen LogP contribution in [0.15, 0.2) is 36.7 Å². The minimum absolute atomic E-state index is 0.0785. The van der Waals surface area contributed by atoms with Crippen LogP contribution in [0.1, 0.15) is 45.3 Å². The highest BCUT2D eigenvalue weighted by molar-refractivity contribution is 6.08. The van der Waals surface area contributed by atoms with Crippen LogP contribution in [0.2, 0.25) is 0 Å². The third-order valence-corrected chi connectivity index (χ3v) is 6.79. The van der Waals surface area contributed by atoms with Gasteiger partial charge in [-0.1, -0.05) is 18.2 Å². The first-order valence-corrected chi connectivity index (χ1v) is 10.4. The zero-order chi connectivity index (χ0) is 21.2. The summed E-state index contributed by atoms with van der Waals surface area (Å²) in [5.41, 5.74) is 3.86. The molecule has 0 aliphatic carbocycles. The molecule has 9 nitrogen and oxygen atoms in total. The van der Waals surface area contributed by atoms with Gasteiger partial charge in [0.15, 0.2) is 5.69 Å². The molecule has 158 valence electrons. The number of carbonyl (C=O) groups is 2. The lowest BCUT2D eigenvalue weighted by atomic mass is 9.73. The van der Waals surface area contributed by atoms with E-state index in [1.807, 2.05) is 37.5 Å². The number of rotatable bonds is 2. The van der Waals surface area contributed by atoms with Gasteiger partial charge in [0.2, 0.25) is 5.91 Å². The normalized spacial score (nSPS) is 24.4. The van der Waals surface area contributed by atoms with E-state index in [1.54, 1.807) is 15.8 Å². The summed E-state index contributed by atoms with van der Waals surface area (Å²) in [6, 6.07) is 7.26. The maximum absolute atomic E-state index is 13.8. The van der Waals surface area contributed by atoms with Crippen molar-refractivity contribution in [2.75, 3.05) is 18.5 Å². The molecule has 1 aromatic carbocycles. The minimum Gasteiger partial charge on any atom is -0.376 e. The Kier molecular flexibility index (Phi) is 3.85. The van der Waals surface area contributed by atoms with Crippen LogP contribution in [0.3, 0.4) is 0 Å². The van der Waals surface area contributed by atoms with Gasteiger partial charge in [0, 0.05) is 48.7 Å². The van der Waals surface area contributed by atoms with E-state index in [-0.39, 0.29) is 11.8 Å². The molecule has 2 aromatic heterocycles. The van der Waals surface area contributed by atoms with Crippen molar-refractivity contribution < 1.29 is 14.3 Å². The molecule has 3 aliphatic heterocycles. The SMILES string of the molecule is Cn1cc([C@@H]2N(C(=O)c3n[nH]c4c3COCC4)CC[C@]23C(=O)Nc2ccccc23)cn1. The second-order valence-electron chi connectivity index (χ2n) is 8.40. The van der Waals surface area contributed by atoms with Crippen LogP contribution < -0.4 is 5.32 Å². The zero-order valence-electron chi connectivity index (χ0n) is 17.1. The standard InChI is InChI=1S/C22H22N6O3/c1-27-11-13(10-23-27)19-22(15-4-2-3-5-17(15)24-21(22)30)7-8-28(19)20(29)18-14-12-31-9-6-16(14)25-26-18/h2-5,10-11,19H,6-9,12H2,1H3,(H,24,30)(H,25,26)/t19-,22+/m0/s1. The molecule has 0 unspecified atom stereocenters. The van der Waals surface area contributed by atoms with Gasteiger partial charge in [0.05, 0.1) is 25.5 Å². The van der Waals surface area contributed by atoms with Crippen LogP contribution in [0.25, 0.3) is 0 Å². The van der Waals surface area contributed by atoms with Crippen molar-refractivity contribution in [1.29, 1.82) is 0 Å². The average molecular weight is 418 g/mol. The summed E-state index contributed by atoms with van der Waals surface area (Å²) in [7, 11) is 1.83. The van der Waals surface area contributed by atoms with Gasteiger partial charge >= 0.3 is 0 Å². The Hall–Kier alpha value is -3.46. The Morgan fingerprint density at radius 3 is 3.03 bits per heavy atom. The molecule has 2 N–H and O–H groups in total. The fourth-order valence-corrected chi connectivity index (χ4v) is 5.38. The van der Waals surface area contributed by atoms with Crippen molar-refractivity contribution in [3.05, 3.63) is 64.7 Å². The number of aromatic amines is 1. The molecule has 1 spiro atoms. The number of carbonyl (C=O) groups excluding carboxylic acids is 2. The number of anilines is 1. The highest BCUT2D eigenvalue weighted by Gasteiger charge is 2.60. The third kappa shape index (κ3) is 2.46. The Morgan fingerprint density at radius 1 is 1.32 bits per heavy atom. The predicted octanol–water partition coefficient (Wildman–Crippen LogP) is 1.69. The van der Waals surface area contributed by atoms with Crippen molar-refractivity contribution in [2.24, 2.45) is 7.05 Å². The second kappa shape index (κ2) is 6.52. The van der Waals surface area contributed by atoms with Crippen LogP contribution in [-0.2, 0) is 35.0 Å². The van der Waals surface area contributed by atoms with E-state index in [1.165, 1.54) is 0 Å². The third-order valence-electron chi connectivity index (χ3n) is 6.79. The number of likely N-dealkylation sites (tertiary alicyclic amines) is 1. The van der Waals surface area contributed by atoms with E-state index in [2.05, 4.69) is 20.6 Å². The highest BCUT2D eigenvalue weighted by Crippen LogP contribution is 2.54. The number of ether oxygens (including phenoxy) is 1. The number of nitrogens with one attached hydrogen (secondary N) is 2. The van der Waals surface area contributed by atoms with E-state index >= 15 is 0 Å². The number of aromatic nitrogens is 4. The molecule has 6 rings (SSSR count). The van der Waals surface area contributed by atoms with Crippen LogP contribution in [0.5, 0.6) is 0 Å². The number of para-hydroxylation sites is 1. The fraction of sp³-hybridized carbons (Fsp3) is 0.364. The monoisotopic (exact) mass is 418 g/mol. The van der Waals surface area contributed by atoms with E-state index < -0.39 is 11.5 Å². The summed E-state index contributed by atoms with van der Waals surface area (Å²) in [6.45, 7) is 1.43. The topological polar surface area (TPSA) is 105 Å². The Labute approximate surface area is 178 Å². The number of amides is 2. The van der Waals surface area contributed by atoms with Gasteiger partial charge in [0.25, 0.3) is 5.91 Å². The van der Waals surface area contributed by atoms with Crippen molar-refractivity contribution in [3.8, 4) is 0 Å². The van der Waals surface area contributed by atoms with E-state index in [9.17, 15) is 9.59 Å². The average Bonchev–Trinajstić information content (AvgIpc) is 3.54. The predicted molar refractivity (Wildman–Crippen MR) is 110 cm³/mol. The molecule has 1 fully saturated rings. The maximum Gasteiger partial charge on any atom is 0.275 e. The first-order valence-electron chi connectivity index (χ1n) is 10.4. The molecule has 2 atom stereocenters. The molecule has 31 heavy (non-hydrogen) atoms. The molecule has 9 heteroatoms. The van der Waals surface area contributed by atoms with Gasteiger partial charge in [-0.05, 0) is 18.1 Å². The Balaban J connectivity index is 1.49. The Morgan fingerprint density at radius 2 is 2.19 bits per heavy atom. The highest BCUT2D eigenvalue weighted by atomic mass is 16.5. The number of hydrogen-bond acceptors (Lipinski definition) is 5. The van der Waals surface area contributed by atoms with E-state index in [0.29, 0.717) is 38.3 Å². The van der Waals surface area contributed by atoms with Crippen molar-refractivity contribution in [1.82, 2.24) is 24.9 Å². The molecular weight excluding hydrogens is 396 g/mol. The first-order chi connectivity index (χ1) is 15.1. The van der Waals surface area contributed by atoms with Gasteiger partial charge in [-0.25, -0.2) is 0 Å². The lowest BCUT2D eigenvalue weighted by Gasteiger charge is -2.33. The number of benzene rings is 1. The van der Waals surface area contributed by atoms with Gasteiger partial charge in [-0.3, -0.25) is 19.4 Å². The van der Waals surface area contributed by atoms with Crippen LogP contribution in [-0.4, -0.2) is 49.8 Å². The lowest BCUT2D eigenvalue weighted by Crippen LogP contribution is -2.42. The van der Waals surface area contributed by atoms with Crippen LogP contribution >= 0.6 is 0 Å². The molecule has 0 radical (unpaired) electrons. The maximum atomic E-state index is 13.8. The van der Waals surface area contributed by atoms with E-state index in [0.717, 1.165) is 28.1 Å². The van der Waals surface area contributed by atoms with Gasteiger partial charge in [-0.15, -0.1) is 0 Å². The summed E-state index contributed by atoms with van der Waals surface area (Å²) in [4.78, 5) is 29.0. The second-order valence-corrected chi connectivity index (χ2v) is 8.40. The summed E-state index contributed by atoms with van der Waals surface area (Å²) in [5, 5.41) is 14.7. The summed E-state index contributed by atoms with van der Waals surface area (Å²) in [6.07, 6.45) is 4.87.